The first-order valence-corrected chi connectivity index (χ1v) is 6.27. The molecule has 0 unspecified atom stereocenters. The van der Waals surface area contributed by atoms with Crippen LogP contribution in [0.2, 0.25) is 0 Å². The van der Waals surface area contributed by atoms with Gasteiger partial charge in [0.25, 0.3) is 0 Å². The monoisotopic (exact) mass is 321 g/mol. The van der Waals surface area contributed by atoms with Gasteiger partial charge in [-0.15, -0.1) is 0 Å². The van der Waals surface area contributed by atoms with Gasteiger partial charge < -0.3 is 15.7 Å². The van der Waals surface area contributed by atoms with E-state index in [1.165, 1.54) is 6.20 Å². The van der Waals surface area contributed by atoms with Crippen molar-refractivity contribution >= 4 is 21.8 Å². The van der Waals surface area contributed by atoms with Crippen LogP contribution in [0.3, 0.4) is 0 Å². The number of ether oxygens (including phenoxy) is 1. The Labute approximate surface area is 118 Å². The highest BCUT2D eigenvalue weighted by Crippen LogP contribution is 2.28. The first kappa shape index (κ1) is 13.4. The molecule has 0 radical (unpaired) electrons. The molecule has 6 heteroatoms. The van der Waals surface area contributed by atoms with Crippen molar-refractivity contribution in [1.29, 1.82) is 0 Å². The molecule has 3 N–H and O–H groups in total. The molecule has 0 atom stereocenters. The standard InChI is InChI=1S/C13H12BrN3O2/c1-8-6-9(14)2-3-11(8)19-12-7-16-5-4-10(12)13(15)17-18/h2-7,18H,1H3,(H2,15,17). The van der Waals surface area contributed by atoms with E-state index in [2.05, 4.69) is 26.1 Å². The Morgan fingerprint density at radius 1 is 1.37 bits per heavy atom. The molecule has 0 aliphatic heterocycles. The number of nitrogens with two attached hydrogens (primary N) is 1. The second-order valence-electron chi connectivity index (χ2n) is 3.87. The number of amidine groups is 1. The highest BCUT2D eigenvalue weighted by Gasteiger charge is 2.10. The summed E-state index contributed by atoms with van der Waals surface area (Å²) in [5, 5.41) is 11.7. The Kier molecular flexibility index (Phi) is 4.01. The van der Waals surface area contributed by atoms with Crippen molar-refractivity contribution in [3.8, 4) is 11.5 Å². The molecule has 19 heavy (non-hydrogen) atoms. The number of halogens is 1. The summed E-state index contributed by atoms with van der Waals surface area (Å²) in [5.74, 6) is 1.10. The highest BCUT2D eigenvalue weighted by atomic mass is 79.9. The zero-order chi connectivity index (χ0) is 13.8. The second kappa shape index (κ2) is 5.71. The van der Waals surface area contributed by atoms with Gasteiger partial charge in [-0.2, -0.15) is 0 Å². The molecular formula is C13H12BrN3O2. The third-order valence-electron chi connectivity index (χ3n) is 2.53. The van der Waals surface area contributed by atoms with Crippen molar-refractivity contribution < 1.29 is 9.94 Å². The molecule has 2 aromatic rings. The summed E-state index contributed by atoms with van der Waals surface area (Å²) < 4.78 is 6.74. The van der Waals surface area contributed by atoms with Crippen LogP contribution in [0.4, 0.5) is 0 Å². The van der Waals surface area contributed by atoms with Gasteiger partial charge in [0.15, 0.2) is 11.6 Å². The third-order valence-corrected chi connectivity index (χ3v) is 3.02. The van der Waals surface area contributed by atoms with Crippen molar-refractivity contribution in [2.24, 2.45) is 10.9 Å². The smallest absolute Gasteiger partial charge is 0.173 e. The van der Waals surface area contributed by atoms with E-state index in [4.69, 9.17) is 15.7 Å². The average molecular weight is 322 g/mol. The molecule has 98 valence electrons. The van der Waals surface area contributed by atoms with Gasteiger partial charge in [-0.05, 0) is 36.8 Å². The Morgan fingerprint density at radius 3 is 2.84 bits per heavy atom. The zero-order valence-corrected chi connectivity index (χ0v) is 11.8. The lowest BCUT2D eigenvalue weighted by atomic mass is 10.2. The van der Waals surface area contributed by atoms with E-state index in [1.807, 2.05) is 25.1 Å². The molecular weight excluding hydrogens is 310 g/mol. The summed E-state index contributed by atoms with van der Waals surface area (Å²) in [6, 6.07) is 7.28. The maximum absolute atomic E-state index is 8.75. The van der Waals surface area contributed by atoms with Crippen LogP contribution in [0.5, 0.6) is 11.5 Å². The summed E-state index contributed by atoms with van der Waals surface area (Å²) >= 11 is 3.39. The van der Waals surface area contributed by atoms with Crippen LogP contribution in [0.15, 0.2) is 46.3 Å². The van der Waals surface area contributed by atoms with E-state index in [-0.39, 0.29) is 5.84 Å². The summed E-state index contributed by atoms with van der Waals surface area (Å²) in [6.07, 6.45) is 3.07. The molecule has 0 fully saturated rings. The van der Waals surface area contributed by atoms with Gasteiger partial charge in [-0.1, -0.05) is 21.1 Å². The van der Waals surface area contributed by atoms with Crippen molar-refractivity contribution in [2.75, 3.05) is 0 Å². The number of aryl methyl sites for hydroxylation is 1. The lowest BCUT2D eigenvalue weighted by molar-refractivity contribution is 0.318. The predicted octanol–water partition coefficient (Wildman–Crippen LogP) is 3.04. The van der Waals surface area contributed by atoms with Crippen LogP contribution in [-0.2, 0) is 0 Å². The maximum Gasteiger partial charge on any atom is 0.173 e. The Hall–Kier alpha value is -2.08. The van der Waals surface area contributed by atoms with Crippen LogP contribution in [0.25, 0.3) is 0 Å². The van der Waals surface area contributed by atoms with Crippen LogP contribution in [0, 0.1) is 6.92 Å². The molecule has 0 bridgehead atoms. The molecule has 0 aliphatic carbocycles. The van der Waals surface area contributed by atoms with E-state index in [1.54, 1.807) is 12.3 Å². The van der Waals surface area contributed by atoms with Crippen molar-refractivity contribution in [3.05, 3.63) is 52.3 Å². The molecule has 0 amide bonds. The molecule has 0 saturated heterocycles. The van der Waals surface area contributed by atoms with Gasteiger partial charge in [-0.3, -0.25) is 4.98 Å². The fraction of sp³-hybridized carbons (Fsp3) is 0.0769. The van der Waals surface area contributed by atoms with E-state index in [0.717, 1.165) is 10.0 Å². The quantitative estimate of drug-likeness (QED) is 0.394. The first-order valence-electron chi connectivity index (χ1n) is 5.47. The SMILES string of the molecule is Cc1cc(Br)ccc1Oc1cnccc1/C(N)=N/O. The predicted molar refractivity (Wildman–Crippen MR) is 75.7 cm³/mol. The summed E-state index contributed by atoms with van der Waals surface area (Å²) in [4.78, 5) is 3.98. The lowest BCUT2D eigenvalue weighted by Crippen LogP contribution is -2.14. The molecule has 1 heterocycles. The number of benzene rings is 1. The van der Waals surface area contributed by atoms with E-state index < -0.39 is 0 Å². The number of pyridine rings is 1. The average Bonchev–Trinajstić information content (AvgIpc) is 2.41. The second-order valence-corrected chi connectivity index (χ2v) is 4.78. The number of hydrogen-bond donors (Lipinski definition) is 2. The minimum Gasteiger partial charge on any atom is -0.455 e. The summed E-state index contributed by atoms with van der Waals surface area (Å²) in [5.41, 5.74) is 7.04. The van der Waals surface area contributed by atoms with Crippen LogP contribution in [0.1, 0.15) is 11.1 Å². The van der Waals surface area contributed by atoms with Gasteiger partial charge in [-0.25, -0.2) is 0 Å². The van der Waals surface area contributed by atoms with Crippen LogP contribution in [-0.4, -0.2) is 16.0 Å². The van der Waals surface area contributed by atoms with E-state index >= 15 is 0 Å². The van der Waals surface area contributed by atoms with Crippen molar-refractivity contribution in [3.63, 3.8) is 0 Å². The van der Waals surface area contributed by atoms with Crippen LogP contribution >= 0.6 is 15.9 Å². The van der Waals surface area contributed by atoms with Gasteiger partial charge in [0.1, 0.15) is 5.75 Å². The molecule has 1 aromatic heterocycles. The zero-order valence-electron chi connectivity index (χ0n) is 10.2. The maximum atomic E-state index is 8.75. The number of rotatable bonds is 3. The molecule has 0 aliphatic rings. The van der Waals surface area contributed by atoms with Crippen molar-refractivity contribution in [2.45, 2.75) is 6.92 Å². The third kappa shape index (κ3) is 3.03. The minimum absolute atomic E-state index is 0.0211. The fourth-order valence-corrected chi connectivity index (χ4v) is 2.05. The topological polar surface area (TPSA) is 80.7 Å². The number of aromatic nitrogens is 1. The fourth-order valence-electron chi connectivity index (χ4n) is 1.57. The normalized spacial score (nSPS) is 11.4. The summed E-state index contributed by atoms with van der Waals surface area (Å²) in [7, 11) is 0. The van der Waals surface area contributed by atoms with Gasteiger partial charge in [0.05, 0.1) is 11.8 Å². The van der Waals surface area contributed by atoms with Crippen LogP contribution < -0.4 is 10.5 Å². The number of hydrogen-bond acceptors (Lipinski definition) is 4. The Morgan fingerprint density at radius 2 is 2.16 bits per heavy atom. The molecule has 5 nitrogen and oxygen atoms in total. The molecule has 0 saturated carbocycles. The van der Waals surface area contributed by atoms with Gasteiger partial charge >= 0.3 is 0 Å². The largest absolute Gasteiger partial charge is 0.455 e. The lowest BCUT2D eigenvalue weighted by Gasteiger charge is -2.11. The van der Waals surface area contributed by atoms with Crippen molar-refractivity contribution in [1.82, 2.24) is 4.98 Å². The highest BCUT2D eigenvalue weighted by molar-refractivity contribution is 9.10. The molecule has 2 rings (SSSR count). The Bertz CT molecular complexity index is 629. The van der Waals surface area contributed by atoms with Gasteiger partial charge in [0, 0.05) is 10.7 Å². The summed E-state index contributed by atoms with van der Waals surface area (Å²) in [6.45, 7) is 1.93. The molecule has 1 aromatic carbocycles. The van der Waals surface area contributed by atoms with E-state index in [9.17, 15) is 0 Å². The minimum atomic E-state index is -0.0211. The number of oxime groups is 1. The Balaban J connectivity index is 2.38. The first-order chi connectivity index (χ1) is 9.11. The molecule has 0 spiro atoms. The number of nitrogens with zero attached hydrogens (tertiary/aromatic N) is 2. The van der Waals surface area contributed by atoms with E-state index in [0.29, 0.717) is 17.1 Å². The van der Waals surface area contributed by atoms with Gasteiger partial charge in [0.2, 0.25) is 0 Å².